The van der Waals surface area contributed by atoms with E-state index in [-0.39, 0.29) is 23.2 Å². The number of amides is 1. The number of hydrogen-bond acceptors (Lipinski definition) is 5. The number of ether oxygens (including phenoxy) is 2. The molecule has 7 nitrogen and oxygen atoms in total. The molecule has 2 heterocycles. The summed E-state index contributed by atoms with van der Waals surface area (Å²) in [6.07, 6.45) is 10.3. The van der Waals surface area contributed by atoms with Crippen molar-refractivity contribution in [2.75, 3.05) is 37.5 Å². The van der Waals surface area contributed by atoms with E-state index in [2.05, 4.69) is 33.5 Å². The van der Waals surface area contributed by atoms with E-state index in [4.69, 9.17) is 26.2 Å². The molecule has 2 aromatic carbocycles. The van der Waals surface area contributed by atoms with Gasteiger partial charge in [-0.1, -0.05) is 36.7 Å². The van der Waals surface area contributed by atoms with Crippen LogP contribution in [-0.4, -0.2) is 48.8 Å². The van der Waals surface area contributed by atoms with Crippen LogP contribution in [0.15, 0.2) is 52.9 Å². The second kappa shape index (κ2) is 11.4. The number of fused-ring (bicyclic) bond motifs is 4. The molecule has 4 aliphatic rings. The molecule has 6 rings (SSSR count). The molecule has 2 bridgehead atoms. The second-order valence-corrected chi connectivity index (χ2v) is 14.8. The van der Waals surface area contributed by atoms with E-state index < -0.39 is 15.8 Å². The zero-order chi connectivity index (χ0) is 28.8. The fraction of sp³-hybridized carbons (Fsp3) is 0.531. The van der Waals surface area contributed by atoms with Crippen molar-refractivity contribution in [2.24, 2.45) is 27.3 Å². The third-order valence-electron chi connectivity index (χ3n) is 9.53. The van der Waals surface area contributed by atoms with Gasteiger partial charge in [0.2, 0.25) is 0 Å². The van der Waals surface area contributed by atoms with Crippen molar-refractivity contribution in [3.63, 3.8) is 0 Å². The third-order valence-corrected chi connectivity index (χ3v) is 11.3. The molecule has 2 aliphatic carbocycles. The number of hydrogen-bond donors (Lipinski definition) is 1. The SMILES string of the molecule is CO[C@H]1/C=C/C[C@H](C)CS(N)(=O)=NC(=O)c2ccc3c(c2)N(C[C@@H]2CC[C@H]21)C[C@@]1(CCCc2cc(Cl)ccc21)CO3. The number of aryl methyl sites for hydroxylation is 1. The predicted octanol–water partition coefficient (Wildman–Crippen LogP) is 5.93. The first-order valence-electron chi connectivity index (χ1n) is 14.7. The van der Waals surface area contributed by atoms with E-state index in [0.29, 0.717) is 30.4 Å². The van der Waals surface area contributed by atoms with Gasteiger partial charge in [0.15, 0.2) is 0 Å². The van der Waals surface area contributed by atoms with Crippen molar-refractivity contribution in [1.82, 2.24) is 0 Å². The van der Waals surface area contributed by atoms with Crippen LogP contribution in [0.25, 0.3) is 0 Å². The number of nitrogens with zero attached hydrogens (tertiary/aromatic N) is 2. The van der Waals surface area contributed by atoms with Gasteiger partial charge in [-0.05, 0) is 97.7 Å². The lowest BCUT2D eigenvalue weighted by Gasteiger charge is -2.46. The summed E-state index contributed by atoms with van der Waals surface area (Å²) in [6.45, 7) is 4.14. The molecule has 1 fully saturated rings. The summed E-state index contributed by atoms with van der Waals surface area (Å²) in [6, 6.07) is 11.7. The lowest BCUT2D eigenvalue weighted by Crippen LogP contribution is -2.49. The summed E-state index contributed by atoms with van der Waals surface area (Å²) in [7, 11) is -1.40. The van der Waals surface area contributed by atoms with Crippen LogP contribution >= 0.6 is 11.6 Å². The third kappa shape index (κ3) is 5.81. The van der Waals surface area contributed by atoms with Gasteiger partial charge in [-0.25, -0.2) is 9.35 Å². The van der Waals surface area contributed by atoms with Crippen LogP contribution in [0.4, 0.5) is 5.69 Å². The number of methoxy groups -OCH3 is 1. The molecule has 41 heavy (non-hydrogen) atoms. The van der Waals surface area contributed by atoms with Gasteiger partial charge < -0.3 is 14.4 Å². The molecule has 1 spiro atoms. The number of halogens is 1. The minimum atomic E-state index is -3.18. The maximum atomic E-state index is 13.3. The van der Waals surface area contributed by atoms with Crippen molar-refractivity contribution in [3.8, 4) is 5.75 Å². The molecule has 220 valence electrons. The first kappa shape index (κ1) is 28.7. The fourth-order valence-electron chi connectivity index (χ4n) is 7.33. The van der Waals surface area contributed by atoms with Gasteiger partial charge in [0.05, 0.1) is 18.4 Å². The Morgan fingerprint density at radius 1 is 1.22 bits per heavy atom. The fourth-order valence-corrected chi connectivity index (χ4v) is 8.94. The van der Waals surface area contributed by atoms with Gasteiger partial charge >= 0.3 is 0 Å². The van der Waals surface area contributed by atoms with Crippen molar-refractivity contribution in [3.05, 3.63) is 70.3 Å². The lowest BCUT2D eigenvalue weighted by atomic mass is 9.68. The van der Waals surface area contributed by atoms with E-state index >= 15 is 0 Å². The molecule has 1 unspecified atom stereocenters. The molecule has 2 N–H and O–H groups in total. The van der Waals surface area contributed by atoms with Crippen LogP contribution in [0.5, 0.6) is 5.75 Å². The summed E-state index contributed by atoms with van der Waals surface area (Å²) in [5.74, 6) is 1.22. The maximum Gasteiger partial charge on any atom is 0.286 e. The summed E-state index contributed by atoms with van der Waals surface area (Å²) >= 11 is 6.40. The molecular formula is C32H40ClN3O4S. The van der Waals surface area contributed by atoms with Crippen molar-refractivity contribution in [1.29, 1.82) is 0 Å². The normalized spacial score (nSPS) is 34.3. The van der Waals surface area contributed by atoms with Crippen LogP contribution in [0.2, 0.25) is 5.02 Å². The van der Waals surface area contributed by atoms with E-state index in [9.17, 15) is 9.00 Å². The number of nitrogens with two attached hydrogens (primary N) is 1. The average Bonchev–Trinajstić information content (AvgIpc) is 3.06. The smallest absolute Gasteiger partial charge is 0.286 e. The Morgan fingerprint density at radius 3 is 2.85 bits per heavy atom. The zero-order valence-electron chi connectivity index (χ0n) is 23.9. The van der Waals surface area contributed by atoms with E-state index in [1.807, 2.05) is 25.1 Å². The summed E-state index contributed by atoms with van der Waals surface area (Å²) in [5, 5.41) is 6.85. The summed E-state index contributed by atoms with van der Waals surface area (Å²) in [4.78, 5) is 15.7. The van der Waals surface area contributed by atoms with Gasteiger partial charge in [0.25, 0.3) is 5.91 Å². The molecule has 6 atom stereocenters. The second-order valence-electron chi connectivity index (χ2n) is 12.5. The van der Waals surface area contributed by atoms with Gasteiger partial charge in [-0.3, -0.25) is 4.79 Å². The van der Waals surface area contributed by atoms with Gasteiger partial charge in [0.1, 0.15) is 15.7 Å². The zero-order valence-corrected chi connectivity index (χ0v) is 25.5. The molecule has 0 radical (unpaired) electrons. The van der Waals surface area contributed by atoms with Gasteiger partial charge in [0, 0.05) is 42.0 Å². The Kier molecular flexibility index (Phi) is 7.96. The Balaban J connectivity index is 1.44. The first-order chi connectivity index (χ1) is 19.7. The van der Waals surface area contributed by atoms with Gasteiger partial charge in [-0.15, -0.1) is 4.36 Å². The number of anilines is 1. The predicted molar refractivity (Wildman–Crippen MR) is 164 cm³/mol. The minimum Gasteiger partial charge on any atom is -0.490 e. The highest BCUT2D eigenvalue weighted by molar-refractivity contribution is 7.91. The lowest BCUT2D eigenvalue weighted by molar-refractivity contribution is 0.0131. The van der Waals surface area contributed by atoms with Crippen molar-refractivity contribution in [2.45, 2.75) is 57.0 Å². The standard InChI is InChI=1S/C32H40ClN3O4S/c1-21-5-3-7-29(39-2)26-11-8-24(26)17-36-19-32(14-4-6-22-15-25(33)10-12-27(22)32)20-40-30-13-9-23(16-28(30)36)31(37)35-41(34,38)18-21/h3,7,9-10,12-13,15-16,21,24,26,29H,4-6,8,11,14,17-20H2,1-2H3,(H2,34,35,37,38)/b7-3+/t21-,24-,26+,29-,32-,41?/m0/s1. The summed E-state index contributed by atoms with van der Waals surface area (Å²) in [5.41, 5.74) is 3.65. The number of benzene rings is 2. The van der Waals surface area contributed by atoms with Crippen LogP contribution in [0.3, 0.4) is 0 Å². The molecule has 1 amide bonds. The van der Waals surface area contributed by atoms with Crippen molar-refractivity contribution < 1.29 is 18.5 Å². The molecule has 2 aromatic rings. The topological polar surface area (TPSA) is 94.2 Å². The Bertz CT molecular complexity index is 1490. The van der Waals surface area contributed by atoms with Crippen molar-refractivity contribution >= 4 is 33.1 Å². The number of carbonyl (C=O) groups is 1. The minimum absolute atomic E-state index is 0.0166. The molecule has 0 saturated heterocycles. The highest BCUT2D eigenvalue weighted by atomic mass is 35.5. The van der Waals surface area contributed by atoms with Crippen LogP contribution in [0, 0.1) is 17.8 Å². The highest BCUT2D eigenvalue weighted by Gasteiger charge is 2.44. The van der Waals surface area contributed by atoms with Crippen LogP contribution in [0.1, 0.15) is 60.5 Å². The highest BCUT2D eigenvalue weighted by Crippen LogP contribution is 2.47. The molecule has 1 saturated carbocycles. The quantitative estimate of drug-likeness (QED) is 0.411. The van der Waals surface area contributed by atoms with E-state index in [0.717, 1.165) is 61.7 Å². The Labute approximate surface area is 248 Å². The van der Waals surface area contributed by atoms with Crippen LogP contribution in [-0.2, 0) is 26.5 Å². The van der Waals surface area contributed by atoms with Gasteiger partial charge in [-0.2, -0.15) is 0 Å². The largest absolute Gasteiger partial charge is 0.490 e. The molecule has 9 heteroatoms. The Morgan fingerprint density at radius 2 is 2.07 bits per heavy atom. The first-order valence-corrected chi connectivity index (χ1v) is 16.9. The molecular weight excluding hydrogens is 558 g/mol. The maximum absolute atomic E-state index is 13.3. The van der Waals surface area contributed by atoms with E-state index in [1.54, 1.807) is 13.2 Å². The summed E-state index contributed by atoms with van der Waals surface area (Å²) < 4.78 is 29.7. The number of rotatable bonds is 1. The average molecular weight is 598 g/mol. The number of allylic oxidation sites excluding steroid dienone is 1. The van der Waals surface area contributed by atoms with Crippen LogP contribution < -0.4 is 14.8 Å². The van der Waals surface area contributed by atoms with E-state index in [1.165, 1.54) is 11.1 Å². The monoisotopic (exact) mass is 597 g/mol. The number of carbonyl (C=O) groups excluding carboxylic acids is 1. The Hall–Kier alpha value is -2.39. The molecule has 0 aromatic heterocycles. The molecule has 2 aliphatic heterocycles.